The van der Waals surface area contributed by atoms with E-state index < -0.39 is 0 Å². The van der Waals surface area contributed by atoms with Crippen LogP contribution in [0.2, 0.25) is 0 Å². The smallest absolute Gasteiger partial charge is 0.134 e. The van der Waals surface area contributed by atoms with Crippen molar-refractivity contribution < 1.29 is 4.79 Å². The third-order valence-corrected chi connectivity index (χ3v) is 5.14. The van der Waals surface area contributed by atoms with Gasteiger partial charge in [0, 0.05) is 50.4 Å². The number of benzene rings is 1. The molecule has 26 heavy (non-hydrogen) atoms. The Hall–Kier alpha value is -2.20. The van der Waals surface area contributed by atoms with Crippen molar-refractivity contribution in [1.29, 1.82) is 0 Å². The number of pyridine rings is 1. The van der Waals surface area contributed by atoms with E-state index in [9.17, 15) is 4.79 Å². The maximum absolute atomic E-state index is 11.2. The summed E-state index contributed by atoms with van der Waals surface area (Å²) < 4.78 is 0. The van der Waals surface area contributed by atoms with E-state index in [4.69, 9.17) is 4.98 Å². The second kappa shape index (κ2) is 8.00. The molecule has 2 aromatic rings. The van der Waals surface area contributed by atoms with E-state index in [0.717, 1.165) is 48.7 Å². The molecule has 0 N–H and O–H groups in total. The number of hydrogen-bond donors (Lipinski definition) is 0. The van der Waals surface area contributed by atoms with Gasteiger partial charge in [-0.15, -0.1) is 0 Å². The summed E-state index contributed by atoms with van der Waals surface area (Å²) in [6.45, 7) is 12.5. The average molecular weight is 351 g/mol. The van der Waals surface area contributed by atoms with Gasteiger partial charge in [0.2, 0.25) is 0 Å². The van der Waals surface area contributed by atoms with Crippen molar-refractivity contribution in [2.24, 2.45) is 0 Å². The SMILES string of the molecule is CC(=O)Cc1ccc(-c2cnc(N3CCN(C(C)C)CC3)c(C)c2)cc1. The third kappa shape index (κ3) is 4.31. The minimum Gasteiger partial charge on any atom is -0.354 e. The minimum atomic E-state index is 0.192. The molecule has 0 spiro atoms. The van der Waals surface area contributed by atoms with E-state index in [1.54, 1.807) is 6.92 Å². The maximum atomic E-state index is 11.2. The summed E-state index contributed by atoms with van der Waals surface area (Å²) in [4.78, 5) is 20.9. The molecule has 1 saturated heterocycles. The lowest BCUT2D eigenvalue weighted by Crippen LogP contribution is -2.49. The summed E-state index contributed by atoms with van der Waals surface area (Å²) in [6, 6.07) is 11.1. The van der Waals surface area contributed by atoms with Gasteiger partial charge in [-0.3, -0.25) is 9.69 Å². The van der Waals surface area contributed by atoms with Gasteiger partial charge in [0.25, 0.3) is 0 Å². The lowest BCUT2D eigenvalue weighted by atomic mass is 10.0. The topological polar surface area (TPSA) is 36.4 Å². The number of piperazine rings is 1. The van der Waals surface area contributed by atoms with Crippen LogP contribution in [0.5, 0.6) is 0 Å². The van der Waals surface area contributed by atoms with E-state index in [1.807, 2.05) is 18.3 Å². The molecule has 0 atom stereocenters. The van der Waals surface area contributed by atoms with Gasteiger partial charge in [-0.1, -0.05) is 24.3 Å². The second-order valence-electron chi connectivity index (χ2n) is 7.56. The first kappa shape index (κ1) is 18.6. The summed E-state index contributed by atoms with van der Waals surface area (Å²) >= 11 is 0. The van der Waals surface area contributed by atoms with Crippen molar-refractivity contribution >= 4 is 11.6 Å². The number of nitrogens with zero attached hydrogens (tertiary/aromatic N) is 3. The fraction of sp³-hybridized carbons (Fsp3) is 0.455. The maximum Gasteiger partial charge on any atom is 0.134 e. The predicted octanol–water partition coefficient (Wildman–Crippen LogP) is 3.72. The van der Waals surface area contributed by atoms with Gasteiger partial charge < -0.3 is 4.90 Å². The van der Waals surface area contributed by atoms with Crippen molar-refractivity contribution in [2.75, 3.05) is 31.1 Å². The number of anilines is 1. The Morgan fingerprint density at radius 1 is 1.08 bits per heavy atom. The molecule has 1 fully saturated rings. The third-order valence-electron chi connectivity index (χ3n) is 5.14. The molecule has 1 aromatic carbocycles. The first-order valence-corrected chi connectivity index (χ1v) is 9.48. The van der Waals surface area contributed by atoms with Crippen LogP contribution in [0, 0.1) is 6.92 Å². The van der Waals surface area contributed by atoms with Crippen LogP contribution in [0.1, 0.15) is 31.9 Å². The molecule has 1 aliphatic heterocycles. The first-order valence-electron chi connectivity index (χ1n) is 9.48. The van der Waals surface area contributed by atoms with Crippen LogP contribution >= 0.6 is 0 Å². The molecule has 0 aliphatic carbocycles. The number of rotatable bonds is 5. The van der Waals surface area contributed by atoms with Crippen LogP contribution in [0.15, 0.2) is 36.5 Å². The molecule has 0 bridgehead atoms. The molecule has 4 nitrogen and oxygen atoms in total. The van der Waals surface area contributed by atoms with Crippen LogP contribution in [-0.2, 0) is 11.2 Å². The number of aryl methyl sites for hydroxylation is 1. The highest BCUT2D eigenvalue weighted by Gasteiger charge is 2.21. The fourth-order valence-electron chi connectivity index (χ4n) is 3.61. The Bertz CT molecular complexity index is 759. The lowest BCUT2D eigenvalue weighted by molar-refractivity contribution is -0.116. The van der Waals surface area contributed by atoms with E-state index in [-0.39, 0.29) is 5.78 Å². The minimum absolute atomic E-state index is 0.192. The number of aromatic nitrogens is 1. The average Bonchev–Trinajstić information content (AvgIpc) is 2.62. The molecule has 0 unspecified atom stereocenters. The van der Waals surface area contributed by atoms with E-state index in [2.05, 4.69) is 48.8 Å². The van der Waals surface area contributed by atoms with Gasteiger partial charge in [0.05, 0.1) is 0 Å². The molecule has 138 valence electrons. The number of Topliss-reactive ketones (excluding diaryl/α,β-unsaturated/α-hetero) is 1. The molecule has 4 heteroatoms. The molecule has 2 heterocycles. The van der Waals surface area contributed by atoms with E-state index in [1.165, 1.54) is 5.56 Å². The van der Waals surface area contributed by atoms with Crippen molar-refractivity contribution in [3.8, 4) is 11.1 Å². The predicted molar refractivity (Wildman–Crippen MR) is 108 cm³/mol. The second-order valence-corrected chi connectivity index (χ2v) is 7.56. The van der Waals surface area contributed by atoms with Crippen molar-refractivity contribution in [2.45, 2.75) is 40.2 Å². The Morgan fingerprint density at radius 2 is 1.73 bits per heavy atom. The monoisotopic (exact) mass is 351 g/mol. The highest BCUT2D eigenvalue weighted by atomic mass is 16.1. The highest BCUT2D eigenvalue weighted by Crippen LogP contribution is 2.26. The molecule has 0 radical (unpaired) electrons. The number of carbonyl (C=O) groups is 1. The fourth-order valence-corrected chi connectivity index (χ4v) is 3.61. The van der Waals surface area contributed by atoms with E-state index >= 15 is 0 Å². The van der Waals surface area contributed by atoms with Crippen molar-refractivity contribution in [3.05, 3.63) is 47.7 Å². The van der Waals surface area contributed by atoms with Crippen molar-refractivity contribution in [1.82, 2.24) is 9.88 Å². The first-order chi connectivity index (χ1) is 12.4. The van der Waals surface area contributed by atoms with Gasteiger partial charge in [0.1, 0.15) is 11.6 Å². The van der Waals surface area contributed by atoms with Gasteiger partial charge in [0.15, 0.2) is 0 Å². The Balaban J connectivity index is 1.72. The zero-order valence-electron chi connectivity index (χ0n) is 16.3. The molecular weight excluding hydrogens is 322 g/mol. The zero-order chi connectivity index (χ0) is 18.7. The molecule has 1 aliphatic rings. The number of hydrogen-bond acceptors (Lipinski definition) is 4. The number of carbonyl (C=O) groups excluding carboxylic acids is 1. The Labute approximate surface area is 156 Å². The standard InChI is InChI=1S/C22H29N3O/c1-16(2)24-9-11-25(12-10-24)22-17(3)13-21(15-23-22)20-7-5-19(6-8-20)14-18(4)26/h5-8,13,15-16H,9-12,14H2,1-4H3. The largest absolute Gasteiger partial charge is 0.354 e. The van der Waals surface area contributed by atoms with Crippen LogP contribution in [-0.4, -0.2) is 47.9 Å². The van der Waals surface area contributed by atoms with Gasteiger partial charge in [-0.05, 0) is 50.5 Å². The normalized spacial score (nSPS) is 15.5. The summed E-state index contributed by atoms with van der Waals surface area (Å²) in [5.41, 5.74) is 4.55. The Kier molecular flexibility index (Phi) is 5.72. The van der Waals surface area contributed by atoms with E-state index in [0.29, 0.717) is 12.5 Å². The summed E-state index contributed by atoms with van der Waals surface area (Å²) in [5.74, 6) is 1.29. The van der Waals surface area contributed by atoms with Crippen LogP contribution in [0.3, 0.4) is 0 Å². The summed E-state index contributed by atoms with van der Waals surface area (Å²) in [7, 11) is 0. The van der Waals surface area contributed by atoms with Gasteiger partial charge in [-0.25, -0.2) is 4.98 Å². The lowest BCUT2D eigenvalue weighted by Gasteiger charge is -2.38. The van der Waals surface area contributed by atoms with Crippen LogP contribution in [0.4, 0.5) is 5.82 Å². The van der Waals surface area contributed by atoms with Crippen LogP contribution in [0.25, 0.3) is 11.1 Å². The van der Waals surface area contributed by atoms with Gasteiger partial charge >= 0.3 is 0 Å². The molecule has 3 rings (SSSR count). The molecule has 0 amide bonds. The molecule has 0 saturated carbocycles. The quantitative estimate of drug-likeness (QED) is 0.823. The number of ketones is 1. The summed E-state index contributed by atoms with van der Waals surface area (Å²) in [6.07, 6.45) is 2.47. The van der Waals surface area contributed by atoms with Gasteiger partial charge in [-0.2, -0.15) is 0 Å². The summed E-state index contributed by atoms with van der Waals surface area (Å²) in [5, 5.41) is 0. The molecule has 1 aromatic heterocycles. The highest BCUT2D eigenvalue weighted by molar-refractivity contribution is 5.78. The van der Waals surface area contributed by atoms with Crippen molar-refractivity contribution in [3.63, 3.8) is 0 Å². The molecular formula is C22H29N3O. The zero-order valence-corrected chi connectivity index (χ0v) is 16.3. The van der Waals surface area contributed by atoms with Crippen LogP contribution < -0.4 is 4.90 Å². The Morgan fingerprint density at radius 3 is 2.27 bits per heavy atom.